The number of anilines is 2. The molecule has 0 radical (unpaired) electrons. The number of imidazole rings is 1. The first-order chi connectivity index (χ1) is 17.2. The largest absolute Gasteiger partial charge is 0.416 e. The average molecular weight is 516 g/mol. The van der Waals surface area contributed by atoms with E-state index in [2.05, 4.69) is 42.0 Å². The highest BCUT2D eigenvalue weighted by Crippen LogP contribution is 2.32. The van der Waals surface area contributed by atoms with Gasteiger partial charge in [0.25, 0.3) is 5.91 Å². The zero-order valence-corrected chi connectivity index (χ0v) is 20.4. The number of alkyl halides is 3. The molecule has 1 unspecified atom stereocenters. The first-order valence-electron chi connectivity index (χ1n) is 11.5. The second-order valence-electron chi connectivity index (χ2n) is 8.68. The van der Waals surface area contributed by atoms with Crippen LogP contribution < -0.4 is 10.6 Å². The Morgan fingerprint density at radius 2 is 1.92 bits per heavy atom. The minimum Gasteiger partial charge on any atom is -0.343 e. The van der Waals surface area contributed by atoms with Crippen molar-refractivity contribution in [1.82, 2.24) is 29.7 Å². The molecule has 2 N–H and O–H groups in total. The number of hydrogen-bond donors (Lipinski definition) is 2. The Balaban J connectivity index is 1.24. The van der Waals surface area contributed by atoms with Gasteiger partial charge in [0, 0.05) is 29.9 Å². The number of carbonyl (C=O) groups excluding carboxylic acids is 1. The van der Waals surface area contributed by atoms with E-state index in [-0.39, 0.29) is 11.9 Å². The van der Waals surface area contributed by atoms with Crippen LogP contribution in [0.5, 0.6) is 0 Å². The fourth-order valence-electron chi connectivity index (χ4n) is 4.07. The third kappa shape index (κ3) is 4.91. The molecule has 3 aromatic heterocycles. The zero-order valence-electron chi connectivity index (χ0n) is 19.6. The molecule has 1 amide bonds. The van der Waals surface area contributed by atoms with Crippen LogP contribution in [0.3, 0.4) is 0 Å². The predicted molar refractivity (Wildman–Crippen MR) is 131 cm³/mol. The number of fused-ring (bicyclic) bond motifs is 1. The van der Waals surface area contributed by atoms with Crippen molar-refractivity contribution in [1.29, 1.82) is 0 Å². The second kappa shape index (κ2) is 9.51. The molecular formula is C24H24F3N7OS. The topological polar surface area (TPSA) is 88.0 Å². The molecule has 8 nitrogen and oxygen atoms in total. The molecule has 188 valence electrons. The zero-order chi connectivity index (χ0) is 25.4. The van der Waals surface area contributed by atoms with Gasteiger partial charge in [-0.25, -0.2) is 15.0 Å². The smallest absolute Gasteiger partial charge is 0.343 e. The number of nitrogens with one attached hydrogen (secondary N) is 2. The molecule has 5 rings (SSSR count). The summed E-state index contributed by atoms with van der Waals surface area (Å²) in [4.78, 5) is 29.0. The molecule has 1 aromatic carbocycles. The first-order valence-corrected chi connectivity index (χ1v) is 12.3. The molecule has 0 bridgehead atoms. The van der Waals surface area contributed by atoms with Gasteiger partial charge >= 0.3 is 6.18 Å². The van der Waals surface area contributed by atoms with Gasteiger partial charge in [-0.15, -0.1) is 0 Å². The van der Waals surface area contributed by atoms with Crippen LogP contribution in [0, 0.1) is 0 Å². The lowest BCUT2D eigenvalue weighted by Gasteiger charge is -2.39. The Bertz CT molecular complexity index is 1380. The Kier molecular flexibility index (Phi) is 6.39. The van der Waals surface area contributed by atoms with Crippen molar-refractivity contribution in [2.45, 2.75) is 32.1 Å². The molecular weight excluding hydrogens is 491 g/mol. The number of halogens is 3. The number of benzene rings is 1. The fraction of sp³-hybridized carbons (Fsp3) is 0.333. The van der Waals surface area contributed by atoms with E-state index in [1.54, 1.807) is 24.8 Å². The number of likely N-dealkylation sites (N-methyl/N-ethyl adjacent to an activating group) is 1. The maximum Gasteiger partial charge on any atom is 0.416 e. The molecule has 1 aliphatic rings. The Labute approximate surface area is 209 Å². The van der Waals surface area contributed by atoms with Crippen molar-refractivity contribution in [3.63, 3.8) is 0 Å². The summed E-state index contributed by atoms with van der Waals surface area (Å²) < 4.78 is 40.4. The van der Waals surface area contributed by atoms with Crippen molar-refractivity contribution < 1.29 is 18.0 Å². The van der Waals surface area contributed by atoms with Crippen molar-refractivity contribution >= 4 is 39.1 Å². The van der Waals surface area contributed by atoms with Crippen molar-refractivity contribution in [2.24, 2.45) is 0 Å². The number of carbonyl (C=O) groups is 1. The van der Waals surface area contributed by atoms with E-state index in [0.717, 1.165) is 47.7 Å². The van der Waals surface area contributed by atoms with E-state index in [4.69, 9.17) is 0 Å². The van der Waals surface area contributed by atoms with Crippen LogP contribution >= 0.6 is 11.3 Å². The molecule has 0 aliphatic carbocycles. The molecule has 1 fully saturated rings. The quantitative estimate of drug-likeness (QED) is 0.360. The summed E-state index contributed by atoms with van der Waals surface area (Å²) in [6, 6.07) is 6.49. The van der Waals surface area contributed by atoms with Crippen molar-refractivity contribution in [3.05, 3.63) is 65.2 Å². The van der Waals surface area contributed by atoms with Gasteiger partial charge in [-0.2, -0.15) is 13.2 Å². The monoisotopic (exact) mass is 515 g/mol. The summed E-state index contributed by atoms with van der Waals surface area (Å²) in [6.07, 6.45) is 0.661. The Morgan fingerprint density at radius 1 is 1.17 bits per heavy atom. The van der Waals surface area contributed by atoms with Crippen LogP contribution in [-0.2, 0) is 6.18 Å². The van der Waals surface area contributed by atoms with E-state index in [1.807, 2.05) is 6.92 Å². The number of amides is 1. The van der Waals surface area contributed by atoms with Crippen molar-refractivity contribution in [3.8, 4) is 0 Å². The highest BCUT2D eigenvalue weighted by molar-refractivity contribution is 7.15. The Hall–Kier alpha value is -3.51. The standard InChI is InChI=1S/C24H24F3N7OS/c1-3-33-11-17(12-33)34-13-30-19-9-28-18(8-20(19)34)22(35)31-14(2)21-10-29-23(36-21)32-16-6-4-15(5-7-16)24(25,26)27/h4-10,13-14,17H,3,11-12H2,1-2H3,(H,29,32)(H,31,35). The first kappa shape index (κ1) is 24.2. The summed E-state index contributed by atoms with van der Waals surface area (Å²) in [7, 11) is 0. The maximum atomic E-state index is 12.9. The van der Waals surface area contributed by atoms with Gasteiger partial charge in [0.05, 0.1) is 35.7 Å². The molecule has 0 spiro atoms. The lowest BCUT2D eigenvalue weighted by Crippen LogP contribution is -2.47. The SMILES string of the molecule is CCN1CC(n2cnc3cnc(C(=O)NC(C)c4cnc(Nc5ccc(C(F)(F)F)cc5)s4)cc32)C1. The van der Waals surface area contributed by atoms with Gasteiger partial charge < -0.3 is 15.2 Å². The lowest BCUT2D eigenvalue weighted by molar-refractivity contribution is -0.137. The third-order valence-electron chi connectivity index (χ3n) is 6.23. The molecule has 1 aliphatic heterocycles. The minimum atomic E-state index is -4.38. The number of hydrogen-bond acceptors (Lipinski definition) is 7. The molecule has 4 aromatic rings. The van der Waals surface area contributed by atoms with Gasteiger partial charge in [-0.1, -0.05) is 18.3 Å². The van der Waals surface area contributed by atoms with Crippen LogP contribution in [0.15, 0.2) is 49.1 Å². The summed E-state index contributed by atoms with van der Waals surface area (Å²) in [5.74, 6) is -0.313. The van der Waals surface area contributed by atoms with E-state index >= 15 is 0 Å². The number of likely N-dealkylation sites (tertiary alicyclic amines) is 1. The minimum absolute atomic E-state index is 0.301. The number of pyridine rings is 1. The van der Waals surface area contributed by atoms with E-state index < -0.39 is 11.7 Å². The highest BCUT2D eigenvalue weighted by Gasteiger charge is 2.30. The molecule has 36 heavy (non-hydrogen) atoms. The van der Waals surface area contributed by atoms with Crippen molar-refractivity contribution in [2.75, 3.05) is 25.0 Å². The normalized spacial score (nSPS) is 15.6. The molecule has 0 saturated carbocycles. The third-order valence-corrected chi connectivity index (χ3v) is 7.33. The molecule has 1 saturated heterocycles. The van der Waals surface area contributed by atoms with Gasteiger partial charge in [0.1, 0.15) is 11.2 Å². The van der Waals surface area contributed by atoms with Gasteiger partial charge in [0.2, 0.25) is 0 Å². The number of aromatic nitrogens is 4. The predicted octanol–water partition coefficient (Wildman–Crippen LogP) is 5.02. The summed E-state index contributed by atoms with van der Waals surface area (Å²) >= 11 is 1.31. The summed E-state index contributed by atoms with van der Waals surface area (Å²) in [5, 5.41) is 6.45. The van der Waals surface area contributed by atoms with E-state index in [9.17, 15) is 18.0 Å². The maximum absolute atomic E-state index is 12.9. The van der Waals surface area contributed by atoms with Crippen LogP contribution in [0.25, 0.3) is 11.0 Å². The summed E-state index contributed by atoms with van der Waals surface area (Å²) in [5.41, 5.74) is 1.70. The molecule has 12 heteroatoms. The molecule has 1 atom stereocenters. The van der Waals surface area contributed by atoms with Crippen LogP contribution in [0.2, 0.25) is 0 Å². The van der Waals surface area contributed by atoms with Gasteiger partial charge in [-0.05, 0) is 43.8 Å². The number of nitrogens with zero attached hydrogens (tertiary/aromatic N) is 5. The Morgan fingerprint density at radius 3 is 2.61 bits per heavy atom. The number of rotatable bonds is 7. The fourth-order valence-corrected chi connectivity index (χ4v) is 4.91. The average Bonchev–Trinajstić information content (AvgIpc) is 3.45. The number of thiazole rings is 1. The summed E-state index contributed by atoms with van der Waals surface area (Å²) in [6.45, 7) is 6.89. The second-order valence-corrected chi connectivity index (χ2v) is 9.74. The highest BCUT2D eigenvalue weighted by atomic mass is 32.1. The van der Waals surface area contributed by atoms with Crippen LogP contribution in [-0.4, -0.2) is 50.0 Å². The van der Waals surface area contributed by atoms with Crippen LogP contribution in [0.4, 0.5) is 24.0 Å². The van der Waals surface area contributed by atoms with E-state index in [0.29, 0.717) is 22.6 Å². The van der Waals surface area contributed by atoms with E-state index in [1.165, 1.54) is 23.5 Å². The molecule has 4 heterocycles. The van der Waals surface area contributed by atoms with Gasteiger partial charge in [-0.3, -0.25) is 9.69 Å². The van der Waals surface area contributed by atoms with Crippen LogP contribution in [0.1, 0.15) is 46.9 Å². The lowest BCUT2D eigenvalue weighted by atomic mass is 10.1. The van der Waals surface area contributed by atoms with Gasteiger partial charge in [0.15, 0.2) is 5.13 Å².